The van der Waals surface area contributed by atoms with Crippen LogP contribution < -0.4 is 0 Å². The molecule has 1 amide bonds. The van der Waals surface area contributed by atoms with E-state index < -0.39 is 0 Å². The Hall–Kier alpha value is -2.03. The van der Waals surface area contributed by atoms with Crippen LogP contribution in [0.15, 0.2) is 40.8 Å². The minimum Gasteiger partial charge on any atom is -0.461 e. The minimum absolute atomic E-state index is 0.237. The predicted molar refractivity (Wildman–Crippen MR) is 76.2 cm³/mol. The van der Waals surface area contributed by atoms with Crippen molar-refractivity contribution in [3.05, 3.63) is 47.7 Å². The van der Waals surface area contributed by atoms with Crippen LogP contribution in [0, 0.1) is 0 Å². The van der Waals surface area contributed by atoms with Crippen molar-refractivity contribution in [1.82, 2.24) is 4.90 Å². The lowest BCUT2D eigenvalue weighted by molar-refractivity contribution is -0.137. The van der Waals surface area contributed by atoms with Crippen molar-refractivity contribution >= 4 is 5.91 Å². The number of benzene rings is 1. The molecule has 102 valence electrons. The maximum absolute atomic E-state index is 12.0. The van der Waals surface area contributed by atoms with Gasteiger partial charge in [-0.15, -0.1) is 0 Å². The van der Waals surface area contributed by atoms with Gasteiger partial charge in [-0.05, 0) is 18.9 Å². The molecule has 2 aliphatic heterocycles. The number of furan rings is 1. The highest BCUT2D eigenvalue weighted by atomic mass is 16.3. The summed E-state index contributed by atoms with van der Waals surface area (Å²) in [6.45, 7) is 0.804. The summed E-state index contributed by atoms with van der Waals surface area (Å²) in [5, 5.41) is 0. The number of fused-ring (bicyclic) bond motifs is 3. The highest BCUT2D eigenvalue weighted by molar-refractivity contribution is 5.78. The van der Waals surface area contributed by atoms with E-state index in [1.165, 1.54) is 5.56 Å². The molecule has 3 heteroatoms. The minimum atomic E-state index is 0.237. The van der Waals surface area contributed by atoms with Gasteiger partial charge >= 0.3 is 0 Å². The Bertz CT molecular complexity index is 644. The molecule has 20 heavy (non-hydrogen) atoms. The van der Waals surface area contributed by atoms with Crippen molar-refractivity contribution in [1.29, 1.82) is 0 Å². The zero-order valence-electron chi connectivity index (χ0n) is 11.3. The quantitative estimate of drug-likeness (QED) is 0.791. The second-order valence-corrected chi connectivity index (χ2v) is 5.60. The van der Waals surface area contributed by atoms with E-state index in [1.807, 2.05) is 23.1 Å². The molecule has 1 unspecified atom stereocenters. The van der Waals surface area contributed by atoms with E-state index in [1.54, 1.807) is 0 Å². The summed E-state index contributed by atoms with van der Waals surface area (Å²) in [6.07, 6.45) is 3.59. The van der Waals surface area contributed by atoms with E-state index >= 15 is 0 Å². The van der Waals surface area contributed by atoms with E-state index in [-0.39, 0.29) is 6.04 Å². The lowest BCUT2D eigenvalue weighted by Crippen LogP contribution is -2.42. The predicted octanol–water partition coefficient (Wildman–Crippen LogP) is 3.56. The van der Waals surface area contributed by atoms with Gasteiger partial charge in [0.15, 0.2) is 0 Å². The number of amides is 1. The SMILES string of the molecule is O=C1CCCC2c3cc(-c4ccccc4)oc3CCN12. The first-order valence-corrected chi connectivity index (χ1v) is 7.30. The second kappa shape index (κ2) is 4.51. The fourth-order valence-corrected chi connectivity index (χ4v) is 3.41. The Kier molecular flexibility index (Phi) is 2.66. The molecule has 0 radical (unpaired) electrons. The molecule has 0 aliphatic carbocycles. The van der Waals surface area contributed by atoms with Crippen LogP contribution in [-0.2, 0) is 11.2 Å². The summed E-state index contributed by atoms with van der Waals surface area (Å²) in [4.78, 5) is 14.0. The van der Waals surface area contributed by atoms with E-state index in [0.29, 0.717) is 12.3 Å². The zero-order chi connectivity index (χ0) is 13.5. The number of carbonyl (C=O) groups excluding carboxylic acids is 1. The van der Waals surface area contributed by atoms with Crippen LogP contribution in [-0.4, -0.2) is 17.4 Å². The number of hydrogen-bond acceptors (Lipinski definition) is 2. The lowest BCUT2D eigenvalue weighted by Gasteiger charge is -2.38. The third kappa shape index (κ3) is 1.77. The number of piperidine rings is 1. The van der Waals surface area contributed by atoms with Crippen molar-refractivity contribution in [3.8, 4) is 11.3 Å². The molecular weight excluding hydrogens is 250 g/mol. The Labute approximate surface area is 118 Å². The maximum atomic E-state index is 12.0. The van der Waals surface area contributed by atoms with Crippen molar-refractivity contribution in [2.45, 2.75) is 31.7 Å². The molecule has 1 aromatic carbocycles. The summed E-state index contributed by atoms with van der Waals surface area (Å²) < 4.78 is 6.04. The topological polar surface area (TPSA) is 33.5 Å². The molecule has 0 N–H and O–H groups in total. The van der Waals surface area contributed by atoms with Gasteiger partial charge in [-0.2, -0.15) is 0 Å². The molecule has 3 nitrogen and oxygen atoms in total. The van der Waals surface area contributed by atoms with E-state index in [9.17, 15) is 4.79 Å². The molecule has 4 rings (SSSR count). The second-order valence-electron chi connectivity index (χ2n) is 5.60. The number of nitrogens with zero attached hydrogens (tertiary/aromatic N) is 1. The summed E-state index contributed by atoms with van der Waals surface area (Å²) >= 11 is 0. The van der Waals surface area contributed by atoms with Crippen molar-refractivity contribution < 1.29 is 9.21 Å². The molecule has 1 aromatic heterocycles. The molecule has 0 spiro atoms. The molecular formula is C17H17NO2. The maximum Gasteiger partial charge on any atom is 0.223 e. The first-order valence-electron chi connectivity index (χ1n) is 7.30. The van der Waals surface area contributed by atoms with Crippen molar-refractivity contribution in [2.75, 3.05) is 6.54 Å². The van der Waals surface area contributed by atoms with Gasteiger partial charge < -0.3 is 9.32 Å². The van der Waals surface area contributed by atoms with E-state index in [4.69, 9.17) is 4.42 Å². The fraction of sp³-hybridized carbons (Fsp3) is 0.353. The van der Waals surface area contributed by atoms with Crippen LogP contribution in [0.25, 0.3) is 11.3 Å². The Morgan fingerprint density at radius 3 is 2.85 bits per heavy atom. The van der Waals surface area contributed by atoms with Crippen LogP contribution in [0.2, 0.25) is 0 Å². The van der Waals surface area contributed by atoms with Crippen molar-refractivity contribution in [2.24, 2.45) is 0 Å². The molecule has 0 saturated carbocycles. The summed E-state index contributed by atoms with van der Waals surface area (Å²) in [5.41, 5.74) is 2.33. The summed E-state index contributed by atoms with van der Waals surface area (Å²) in [6, 6.07) is 12.6. The number of rotatable bonds is 1. The summed E-state index contributed by atoms with van der Waals surface area (Å²) in [5.74, 6) is 2.30. The van der Waals surface area contributed by atoms with Crippen LogP contribution in [0.4, 0.5) is 0 Å². The van der Waals surface area contributed by atoms with Gasteiger partial charge in [-0.25, -0.2) is 0 Å². The Morgan fingerprint density at radius 1 is 1.15 bits per heavy atom. The van der Waals surface area contributed by atoms with Crippen LogP contribution in [0.3, 0.4) is 0 Å². The molecule has 2 aliphatic rings. The highest BCUT2D eigenvalue weighted by Crippen LogP contribution is 2.40. The smallest absolute Gasteiger partial charge is 0.223 e. The van der Waals surface area contributed by atoms with Gasteiger partial charge in [0.05, 0.1) is 6.04 Å². The average molecular weight is 267 g/mol. The van der Waals surface area contributed by atoms with Gasteiger partial charge in [-0.1, -0.05) is 30.3 Å². The molecule has 0 bridgehead atoms. The standard InChI is InChI=1S/C17H17NO2/c19-17-8-4-7-14-13-11-16(12-5-2-1-3-6-12)20-15(13)9-10-18(14)17/h1-3,5-6,11,14H,4,7-10H2. The van der Waals surface area contributed by atoms with Gasteiger partial charge in [0.2, 0.25) is 5.91 Å². The van der Waals surface area contributed by atoms with Crippen LogP contribution >= 0.6 is 0 Å². The number of carbonyl (C=O) groups is 1. The summed E-state index contributed by atoms with van der Waals surface area (Å²) in [7, 11) is 0. The normalized spacial score (nSPS) is 21.5. The monoisotopic (exact) mass is 267 g/mol. The Balaban J connectivity index is 1.74. The third-order valence-electron chi connectivity index (χ3n) is 4.40. The van der Waals surface area contributed by atoms with Gasteiger partial charge in [0.1, 0.15) is 11.5 Å². The fourth-order valence-electron chi connectivity index (χ4n) is 3.41. The first kappa shape index (κ1) is 11.8. The Morgan fingerprint density at radius 2 is 2.00 bits per heavy atom. The van der Waals surface area contributed by atoms with Gasteiger partial charge in [-0.3, -0.25) is 4.79 Å². The third-order valence-corrected chi connectivity index (χ3v) is 4.40. The molecule has 1 saturated heterocycles. The number of hydrogen-bond donors (Lipinski definition) is 0. The molecule has 3 heterocycles. The van der Waals surface area contributed by atoms with Gasteiger partial charge in [0.25, 0.3) is 0 Å². The zero-order valence-corrected chi connectivity index (χ0v) is 11.3. The van der Waals surface area contributed by atoms with E-state index in [0.717, 1.165) is 42.9 Å². The van der Waals surface area contributed by atoms with Gasteiger partial charge in [0, 0.05) is 30.5 Å². The van der Waals surface area contributed by atoms with Crippen molar-refractivity contribution in [3.63, 3.8) is 0 Å². The molecule has 2 aromatic rings. The van der Waals surface area contributed by atoms with Crippen LogP contribution in [0.5, 0.6) is 0 Å². The first-order chi connectivity index (χ1) is 9.83. The molecule has 1 fully saturated rings. The highest BCUT2D eigenvalue weighted by Gasteiger charge is 2.35. The van der Waals surface area contributed by atoms with E-state index in [2.05, 4.69) is 18.2 Å². The largest absolute Gasteiger partial charge is 0.461 e. The molecule has 1 atom stereocenters. The average Bonchev–Trinajstić information content (AvgIpc) is 2.93. The lowest BCUT2D eigenvalue weighted by atomic mass is 9.90. The van der Waals surface area contributed by atoms with Crippen LogP contribution in [0.1, 0.15) is 36.6 Å².